The molecule has 0 aliphatic heterocycles. The fourth-order valence-corrected chi connectivity index (χ4v) is 4.52. The predicted molar refractivity (Wildman–Crippen MR) is 114 cm³/mol. The van der Waals surface area contributed by atoms with E-state index in [2.05, 4.69) is 44.4 Å². The minimum Gasteiger partial charge on any atom is -0.414 e. The molecule has 3 heterocycles. The van der Waals surface area contributed by atoms with Gasteiger partial charge in [0.05, 0.1) is 11.3 Å². The van der Waals surface area contributed by atoms with Crippen molar-refractivity contribution in [2.75, 3.05) is 0 Å². The molecular weight excluding hydrogens is 426 g/mol. The number of pyridine rings is 1. The van der Waals surface area contributed by atoms with E-state index in [9.17, 15) is 0 Å². The lowest BCUT2D eigenvalue weighted by Gasteiger charge is -2.07. The van der Waals surface area contributed by atoms with Crippen molar-refractivity contribution in [2.45, 2.75) is 28.3 Å². The van der Waals surface area contributed by atoms with Crippen molar-refractivity contribution in [3.05, 3.63) is 70.2 Å². The van der Waals surface area contributed by atoms with Gasteiger partial charge in [-0.2, -0.15) is 0 Å². The largest absolute Gasteiger partial charge is 0.414 e. The van der Waals surface area contributed by atoms with Crippen molar-refractivity contribution in [2.24, 2.45) is 7.05 Å². The van der Waals surface area contributed by atoms with Crippen LogP contribution in [0.5, 0.6) is 0 Å². The van der Waals surface area contributed by atoms with Gasteiger partial charge >= 0.3 is 0 Å². The van der Waals surface area contributed by atoms with E-state index >= 15 is 0 Å². The third kappa shape index (κ3) is 3.75. The second kappa shape index (κ2) is 7.44. The van der Waals surface area contributed by atoms with Crippen LogP contribution < -0.4 is 0 Å². The highest BCUT2D eigenvalue weighted by atomic mass is 35.5. The third-order valence-corrected chi connectivity index (χ3v) is 6.48. The van der Waals surface area contributed by atoms with Crippen LogP contribution in [0, 0.1) is 4.84 Å². The predicted octanol–water partition coefficient (Wildman–Crippen LogP) is 5.60. The number of H-pyrrole nitrogens is 1. The van der Waals surface area contributed by atoms with E-state index in [0.29, 0.717) is 27.6 Å². The molecule has 0 amide bonds. The van der Waals surface area contributed by atoms with E-state index in [0.717, 1.165) is 27.7 Å². The lowest BCUT2D eigenvalue weighted by Crippen LogP contribution is -1.91. The zero-order chi connectivity index (χ0) is 20.0. The van der Waals surface area contributed by atoms with Crippen molar-refractivity contribution in [3.63, 3.8) is 0 Å². The van der Waals surface area contributed by atoms with Crippen LogP contribution in [0.25, 0.3) is 11.3 Å². The topological polar surface area (TPSA) is 72.5 Å². The van der Waals surface area contributed by atoms with Gasteiger partial charge in [-0.3, -0.25) is 0 Å². The molecule has 9 heteroatoms. The summed E-state index contributed by atoms with van der Waals surface area (Å²) in [5.41, 5.74) is 3.28. The van der Waals surface area contributed by atoms with Gasteiger partial charge in [-0.15, -0.1) is 5.10 Å². The molecule has 0 saturated heterocycles. The first-order valence-corrected chi connectivity index (χ1v) is 10.7. The van der Waals surface area contributed by atoms with Crippen molar-refractivity contribution in [1.29, 1.82) is 0 Å². The molecular formula is C20H16ClN5OS2. The van der Waals surface area contributed by atoms with E-state index in [1.54, 1.807) is 18.0 Å². The number of aryl methyl sites for hydroxylation is 1. The Balaban J connectivity index is 1.37. The molecule has 0 bridgehead atoms. The minimum absolute atomic E-state index is 0.297. The van der Waals surface area contributed by atoms with Gasteiger partial charge in [0.15, 0.2) is 0 Å². The summed E-state index contributed by atoms with van der Waals surface area (Å²) in [5, 5.41) is 9.38. The molecule has 29 heavy (non-hydrogen) atoms. The van der Waals surface area contributed by atoms with E-state index in [1.807, 2.05) is 30.1 Å². The lowest BCUT2D eigenvalue weighted by molar-refractivity contribution is 0.480. The monoisotopic (exact) mass is 441 g/mol. The van der Waals surface area contributed by atoms with Crippen molar-refractivity contribution in [3.8, 4) is 11.3 Å². The Kier molecular flexibility index (Phi) is 4.77. The smallest absolute Gasteiger partial charge is 0.284 e. The number of hydrogen-bond acceptors (Lipinski definition) is 6. The van der Waals surface area contributed by atoms with Crippen molar-refractivity contribution < 1.29 is 4.42 Å². The van der Waals surface area contributed by atoms with Gasteiger partial charge < -0.3 is 8.98 Å². The van der Waals surface area contributed by atoms with Crippen molar-refractivity contribution >= 4 is 35.6 Å². The Bertz CT molecular complexity index is 1210. The number of aromatic nitrogens is 5. The Morgan fingerprint density at radius 1 is 1.17 bits per heavy atom. The van der Waals surface area contributed by atoms with Crippen LogP contribution in [0.4, 0.5) is 0 Å². The Morgan fingerprint density at radius 2 is 2.00 bits per heavy atom. The van der Waals surface area contributed by atoms with E-state index < -0.39 is 0 Å². The van der Waals surface area contributed by atoms with Crippen LogP contribution in [0.15, 0.2) is 63.4 Å². The number of nitrogens with zero attached hydrogens (tertiary/aromatic N) is 4. The summed E-state index contributed by atoms with van der Waals surface area (Å²) in [6, 6.07) is 12.3. The first-order valence-electron chi connectivity index (χ1n) is 9.05. The van der Waals surface area contributed by atoms with Gasteiger partial charge in [0.1, 0.15) is 15.7 Å². The van der Waals surface area contributed by atoms with Gasteiger partial charge in [-0.05, 0) is 54.0 Å². The van der Waals surface area contributed by atoms with Crippen molar-refractivity contribution in [1.82, 2.24) is 24.7 Å². The Labute approximate surface area is 181 Å². The maximum Gasteiger partial charge on any atom is 0.284 e. The van der Waals surface area contributed by atoms with Crippen LogP contribution in [-0.4, -0.2) is 24.7 Å². The molecule has 1 N–H and O–H groups in total. The maximum atomic E-state index is 5.94. The first-order chi connectivity index (χ1) is 14.1. The Hall–Kier alpha value is -2.42. The average molecular weight is 442 g/mol. The lowest BCUT2D eigenvalue weighted by atomic mass is 10.1. The molecule has 0 radical (unpaired) electrons. The molecule has 6 nitrogen and oxygen atoms in total. The van der Waals surface area contributed by atoms with E-state index in [1.165, 1.54) is 5.56 Å². The van der Waals surface area contributed by atoms with Gasteiger partial charge in [0, 0.05) is 24.7 Å². The fraction of sp³-hybridized carbons (Fsp3) is 0.200. The fourth-order valence-electron chi connectivity index (χ4n) is 3.38. The summed E-state index contributed by atoms with van der Waals surface area (Å²) >= 11 is 12.5. The number of benzene rings is 1. The van der Waals surface area contributed by atoms with Crippen LogP contribution in [0.2, 0.25) is 5.02 Å². The highest BCUT2D eigenvalue weighted by molar-refractivity contribution is 7.99. The molecule has 1 aliphatic carbocycles. The molecule has 146 valence electrons. The molecule has 3 aromatic heterocycles. The second-order valence-corrected chi connectivity index (χ2v) is 8.76. The molecule has 4 aromatic rings. The van der Waals surface area contributed by atoms with E-state index in [-0.39, 0.29) is 0 Å². The number of rotatable bonds is 5. The second-order valence-electron chi connectivity index (χ2n) is 6.95. The molecule has 1 aromatic carbocycles. The highest BCUT2D eigenvalue weighted by Crippen LogP contribution is 2.54. The molecule has 1 fully saturated rings. The molecule has 1 aliphatic rings. The SMILES string of the molecule is Cn1cnc(-c2ccc([C@H]3C[C@@H]3c3n[nH]c(=S)o3)cc2)c1Sc1ccc(Cl)cn1. The summed E-state index contributed by atoms with van der Waals surface area (Å²) in [6.07, 6.45) is 4.50. The summed E-state index contributed by atoms with van der Waals surface area (Å²) in [5.74, 6) is 1.41. The van der Waals surface area contributed by atoms with Gasteiger partial charge in [-0.25, -0.2) is 15.1 Å². The van der Waals surface area contributed by atoms with Crippen LogP contribution in [0.3, 0.4) is 0 Å². The summed E-state index contributed by atoms with van der Waals surface area (Å²) < 4.78 is 7.46. The molecule has 0 spiro atoms. The zero-order valence-corrected chi connectivity index (χ0v) is 17.8. The maximum absolute atomic E-state index is 5.94. The molecule has 2 atom stereocenters. The van der Waals surface area contributed by atoms with Crippen LogP contribution >= 0.6 is 35.6 Å². The average Bonchev–Trinajstić information content (AvgIpc) is 3.28. The zero-order valence-electron chi connectivity index (χ0n) is 15.4. The summed E-state index contributed by atoms with van der Waals surface area (Å²) in [7, 11) is 1.98. The van der Waals surface area contributed by atoms with Gasteiger partial charge in [0.2, 0.25) is 5.89 Å². The molecule has 1 saturated carbocycles. The number of nitrogens with one attached hydrogen (secondary N) is 1. The van der Waals surface area contributed by atoms with Crippen LogP contribution in [-0.2, 0) is 7.05 Å². The molecule has 0 unspecified atom stereocenters. The first kappa shape index (κ1) is 18.6. The Morgan fingerprint density at radius 3 is 2.69 bits per heavy atom. The van der Waals surface area contributed by atoms with Crippen LogP contribution in [0.1, 0.15) is 29.7 Å². The standard InChI is InChI=1S/C20H16ClN5OS2/c1-26-10-23-17(19(26)29-16-7-6-13(21)9-22-16)12-4-2-11(3-5-12)14-8-15(14)18-24-25-20(28)27-18/h2-7,9-10,14-15H,8H2,1H3,(H,25,28)/t14-,15+/m1/s1. The number of imidazole rings is 1. The minimum atomic E-state index is 0.297. The molecule has 5 rings (SSSR count). The highest BCUT2D eigenvalue weighted by Gasteiger charge is 2.43. The van der Waals surface area contributed by atoms with E-state index in [4.69, 9.17) is 28.2 Å². The summed E-state index contributed by atoms with van der Waals surface area (Å²) in [4.78, 5) is 9.31. The summed E-state index contributed by atoms with van der Waals surface area (Å²) in [6.45, 7) is 0. The normalized spacial score (nSPS) is 18.1. The third-order valence-electron chi connectivity index (χ3n) is 4.96. The van der Waals surface area contributed by atoms with Gasteiger partial charge in [-0.1, -0.05) is 35.9 Å². The van der Waals surface area contributed by atoms with Gasteiger partial charge in [0.25, 0.3) is 4.84 Å². The quantitative estimate of drug-likeness (QED) is 0.406. The number of aromatic amines is 1. The number of halogens is 1. The number of hydrogen-bond donors (Lipinski definition) is 1.